The lowest BCUT2D eigenvalue weighted by atomic mass is 10.3. The Bertz CT molecular complexity index is 881. The predicted molar refractivity (Wildman–Crippen MR) is 100 cm³/mol. The summed E-state index contributed by atoms with van der Waals surface area (Å²) in [4.78, 5) is 16.5. The molecule has 0 saturated carbocycles. The quantitative estimate of drug-likeness (QED) is 0.800. The van der Waals surface area contributed by atoms with E-state index in [9.17, 15) is 8.42 Å². The highest BCUT2D eigenvalue weighted by Gasteiger charge is 2.34. The fourth-order valence-electron chi connectivity index (χ4n) is 3.58. The second kappa shape index (κ2) is 6.76. The van der Waals surface area contributed by atoms with Crippen LogP contribution in [-0.2, 0) is 10.2 Å². The summed E-state index contributed by atoms with van der Waals surface area (Å²) in [6, 6.07) is 1.93. The Hall–Kier alpha value is -1.75. The average Bonchev–Trinajstić information content (AvgIpc) is 3.10. The number of hydrogen-bond donors (Lipinski definition) is 1. The summed E-state index contributed by atoms with van der Waals surface area (Å²) < 4.78 is 29.0. The lowest BCUT2D eigenvalue weighted by Crippen LogP contribution is -2.56. The first kappa shape index (κ1) is 17.7. The van der Waals surface area contributed by atoms with Gasteiger partial charge in [0.15, 0.2) is 5.82 Å². The van der Waals surface area contributed by atoms with Crippen molar-refractivity contribution in [3.63, 3.8) is 0 Å². The van der Waals surface area contributed by atoms with Gasteiger partial charge < -0.3 is 14.8 Å². The van der Waals surface area contributed by atoms with Crippen molar-refractivity contribution in [1.82, 2.24) is 28.5 Å². The highest BCUT2D eigenvalue weighted by atomic mass is 32.2. The van der Waals surface area contributed by atoms with Crippen LogP contribution in [0.5, 0.6) is 0 Å². The molecule has 0 radical (unpaired) electrons. The summed E-state index contributed by atoms with van der Waals surface area (Å²) in [5.41, 5.74) is 1.80. The van der Waals surface area contributed by atoms with Crippen molar-refractivity contribution in [2.45, 2.75) is 6.92 Å². The number of fused-ring (bicyclic) bond motifs is 1. The normalized spacial score (nSPS) is 21.5. The topological polar surface area (TPSA) is 88.7 Å². The Balaban J connectivity index is 1.48. The first-order chi connectivity index (χ1) is 12.4. The van der Waals surface area contributed by atoms with E-state index in [1.807, 2.05) is 26.2 Å². The Morgan fingerprint density at radius 3 is 2.23 bits per heavy atom. The van der Waals surface area contributed by atoms with Crippen LogP contribution in [0, 0.1) is 6.92 Å². The molecule has 4 rings (SSSR count). The SMILES string of the molecule is Cc1nc(N2CCN(S(=O)(=O)N3CCN(C)CC3)CC2)c2[nH]ccc2n1. The maximum atomic E-state index is 12.9. The number of aromatic nitrogens is 3. The molecule has 0 atom stereocenters. The smallest absolute Gasteiger partial charge is 0.282 e. The zero-order chi connectivity index (χ0) is 18.3. The van der Waals surface area contributed by atoms with Crippen LogP contribution in [0.4, 0.5) is 5.82 Å². The first-order valence-electron chi connectivity index (χ1n) is 8.95. The Kier molecular flexibility index (Phi) is 4.59. The zero-order valence-corrected chi connectivity index (χ0v) is 16.0. The number of aromatic amines is 1. The summed E-state index contributed by atoms with van der Waals surface area (Å²) in [5, 5.41) is 0. The highest BCUT2D eigenvalue weighted by Crippen LogP contribution is 2.24. The Morgan fingerprint density at radius 2 is 1.58 bits per heavy atom. The van der Waals surface area contributed by atoms with Crippen LogP contribution >= 0.6 is 0 Å². The van der Waals surface area contributed by atoms with Crippen LogP contribution in [0.1, 0.15) is 5.82 Å². The van der Waals surface area contributed by atoms with Crippen molar-refractivity contribution in [2.24, 2.45) is 0 Å². The first-order valence-corrected chi connectivity index (χ1v) is 10.4. The van der Waals surface area contributed by atoms with Gasteiger partial charge in [0.25, 0.3) is 10.2 Å². The van der Waals surface area contributed by atoms with E-state index in [2.05, 4.69) is 24.8 Å². The molecule has 26 heavy (non-hydrogen) atoms. The molecular weight excluding hydrogens is 354 g/mol. The number of nitrogens with zero attached hydrogens (tertiary/aromatic N) is 6. The fraction of sp³-hybridized carbons (Fsp3) is 0.625. The molecule has 2 aromatic heterocycles. The minimum Gasteiger partial charge on any atom is -0.357 e. The molecule has 142 valence electrons. The molecule has 0 unspecified atom stereocenters. The number of piperazine rings is 2. The molecule has 10 heteroatoms. The van der Waals surface area contributed by atoms with Crippen LogP contribution < -0.4 is 4.90 Å². The highest BCUT2D eigenvalue weighted by molar-refractivity contribution is 7.86. The number of aryl methyl sites for hydroxylation is 1. The molecule has 2 fully saturated rings. The van der Waals surface area contributed by atoms with Gasteiger partial charge in [-0.15, -0.1) is 0 Å². The summed E-state index contributed by atoms with van der Waals surface area (Å²) >= 11 is 0. The van der Waals surface area contributed by atoms with Crippen molar-refractivity contribution in [2.75, 3.05) is 64.3 Å². The summed E-state index contributed by atoms with van der Waals surface area (Å²) in [5.74, 6) is 1.58. The van der Waals surface area contributed by atoms with Gasteiger partial charge in [0, 0.05) is 58.6 Å². The average molecular weight is 379 g/mol. The number of anilines is 1. The minimum absolute atomic E-state index is 0.472. The van der Waals surface area contributed by atoms with E-state index in [0.29, 0.717) is 39.3 Å². The third kappa shape index (κ3) is 3.18. The van der Waals surface area contributed by atoms with Gasteiger partial charge in [-0.05, 0) is 20.0 Å². The van der Waals surface area contributed by atoms with Crippen molar-refractivity contribution < 1.29 is 8.42 Å². The summed E-state index contributed by atoms with van der Waals surface area (Å²) in [6.07, 6.45) is 1.86. The molecule has 2 saturated heterocycles. The van der Waals surface area contributed by atoms with E-state index in [1.165, 1.54) is 0 Å². The van der Waals surface area contributed by atoms with Gasteiger partial charge >= 0.3 is 0 Å². The molecule has 4 heterocycles. The summed E-state index contributed by atoms with van der Waals surface area (Å²) in [6.45, 7) is 6.76. The number of nitrogens with one attached hydrogen (secondary N) is 1. The second-order valence-corrected chi connectivity index (χ2v) is 8.86. The fourth-order valence-corrected chi connectivity index (χ4v) is 5.16. The van der Waals surface area contributed by atoms with Gasteiger partial charge in [0.1, 0.15) is 11.3 Å². The van der Waals surface area contributed by atoms with Crippen LogP contribution in [0.3, 0.4) is 0 Å². The number of H-pyrrole nitrogens is 1. The van der Waals surface area contributed by atoms with Gasteiger partial charge in [-0.2, -0.15) is 17.0 Å². The summed E-state index contributed by atoms with van der Waals surface area (Å²) in [7, 11) is -1.36. The molecule has 0 amide bonds. The predicted octanol–water partition coefficient (Wildman–Crippen LogP) is -0.119. The molecule has 2 aliphatic rings. The van der Waals surface area contributed by atoms with Crippen LogP contribution in [0.15, 0.2) is 12.3 Å². The number of rotatable bonds is 3. The van der Waals surface area contributed by atoms with Crippen LogP contribution in [0.25, 0.3) is 11.0 Å². The van der Waals surface area contributed by atoms with Crippen LogP contribution in [-0.4, -0.2) is 96.3 Å². The lowest BCUT2D eigenvalue weighted by molar-refractivity contribution is 0.210. The van der Waals surface area contributed by atoms with E-state index in [-0.39, 0.29) is 0 Å². The molecule has 9 nitrogen and oxygen atoms in total. The van der Waals surface area contributed by atoms with Gasteiger partial charge in [-0.3, -0.25) is 0 Å². The molecule has 0 spiro atoms. The molecule has 0 bridgehead atoms. The minimum atomic E-state index is -3.38. The Morgan fingerprint density at radius 1 is 0.962 bits per heavy atom. The second-order valence-electron chi connectivity index (χ2n) is 6.93. The van der Waals surface area contributed by atoms with E-state index in [0.717, 1.165) is 35.8 Å². The van der Waals surface area contributed by atoms with Gasteiger partial charge in [-0.25, -0.2) is 9.97 Å². The van der Waals surface area contributed by atoms with E-state index >= 15 is 0 Å². The molecule has 1 N–H and O–H groups in total. The number of likely N-dealkylation sites (N-methyl/N-ethyl adjacent to an activating group) is 1. The van der Waals surface area contributed by atoms with E-state index in [4.69, 9.17) is 0 Å². The molecule has 2 aliphatic heterocycles. The molecule has 2 aromatic rings. The van der Waals surface area contributed by atoms with Gasteiger partial charge in [-0.1, -0.05) is 0 Å². The monoisotopic (exact) mass is 379 g/mol. The van der Waals surface area contributed by atoms with Crippen molar-refractivity contribution >= 4 is 27.1 Å². The number of hydrogen-bond acceptors (Lipinski definition) is 6. The standard InChI is InChI=1S/C16H25N7O2S/c1-13-18-14-3-4-17-15(14)16(19-13)21-7-11-23(12-8-21)26(24,25)22-9-5-20(2)6-10-22/h3-4,17H,5-12H2,1-2H3. The van der Waals surface area contributed by atoms with Crippen molar-refractivity contribution in [3.05, 3.63) is 18.1 Å². The third-order valence-electron chi connectivity index (χ3n) is 5.15. The Labute approximate surface area is 153 Å². The largest absolute Gasteiger partial charge is 0.357 e. The van der Waals surface area contributed by atoms with Crippen LogP contribution in [0.2, 0.25) is 0 Å². The lowest BCUT2D eigenvalue weighted by Gasteiger charge is -2.39. The van der Waals surface area contributed by atoms with E-state index < -0.39 is 10.2 Å². The maximum Gasteiger partial charge on any atom is 0.282 e. The van der Waals surface area contributed by atoms with Crippen molar-refractivity contribution in [1.29, 1.82) is 0 Å². The van der Waals surface area contributed by atoms with E-state index in [1.54, 1.807) is 8.61 Å². The molecule has 0 aliphatic carbocycles. The van der Waals surface area contributed by atoms with Gasteiger partial charge in [0.2, 0.25) is 0 Å². The maximum absolute atomic E-state index is 12.9. The van der Waals surface area contributed by atoms with Crippen molar-refractivity contribution in [3.8, 4) is 0 Å². The molecular formula is C16H25N7O2S. The van der Waals surface area contributed by atoms with Gasteiger partial charge in [0.05, 0.1) is 5.52 Å². The zero-order valence-electron chi connectivity index (χ0n) is 15.2. The third-order valence-corrected chi connectivity index (χ3v) is 7.19. The molecule has 0 aromatic carbocycles.